The SMILES string of the molecule is CCCCOOC1(OOCCCC)C[C@@H](C)CC(C)(C)C1. The molecule has 0 bridgehead atoms. The molecule has 1 rings (SSSR count). The minimum atomic E-state index is -0.761. The molecule has 0 N–H and O–H groups in total. The molecule has 1 aliphatic rings. The van der Waals surface area contributed by atoms with Crippen molar-refractivity contribution >= 4 is 0 Å². The van der Waals surface area contributed by atoms with Crippen molar-refractivity contribution in [2.24, 2.45) is 11.3 Å². The first-order valence-corrected chi connectivity index (χ1v) is 8.54. The average Bonchev–Trinajstić information content (AvgIpc) is 2.38. The summed E-state index contributed by atoms with van der Waals surface area (Å²) in [5.74, 6) is -0.235. The smallest absolute Gasteiger partial charge is 0.234 e. The Bertz CT molecular complexity index is 266. The van der Waals surface area contributed by atoms with Crippen molar-refractivity contribution < 1.29 is 19.6 Å². The van der Waals surface area contributed by atoms with E-state index in [-0.39, 0.29) is 5.41 Å². The van der Waals surface area contributed by atoms with Crippen molar-refractivity contribution in [1.82, 2.24) is 0 Å². The van der Waals surface area contributed by atoms with E-state index in [9.17, 15) is 0 Å². The molecule has 1 atom stereocenters. The van der Waals surface area contributed by atoms with E-state index in [0.717, 1.165) is 38.5 Å². The molecule has 0 unspecified atom stereocenters. The summed E-state index contributed by atoms with van der Waals surface area (Å²) in [7, 11) is 0. The molecule has 0 aromatic rings. The van der Waals surface area contributed by atoms with Crippen molar-refractivity contribution in [1.29, 1.82) is 0 Å². The van der Waals surface area contributed by atoms with E-state index in [1.54, 1.807) is 0 Å². The van der Waals surface area contributed by atoms with Gasteiger partial charge in [0.25, 0.3) is 0 Å². The molecule has 1 aliphatic carbocycles. The molecule has 0 spiro atoms. The largest absolute Gasteiger partial charge is 0.234 e. The van der Waals surface area contributed by atoms with Gasteiger partial charge in [0, 0.05) is 12.8 Å². The third-order valence-corrected chi connectivity index (χ3v) is 3.89. The summed E-state index contributed by atoms with van der Waals surface area (Å²) in [5.41, 5.74) is 0.167. The summed E-state index contributed by atoms with van der Waals surface area (Å²) >= 11 is 0. The van der Waals surface area contributed by atoms with Crippen molar-refractivity contribution in [2.45, 2.75) is 85.4 Å². The van der Waals surface area contributed by atoms with Crippen molar-refractivity contribution in [3.05, 3.63) is 0 Å². The molecule has 0 aromatic carbocycles. The number of hydrogen-bond acceptors (Lipinski definition) is 4. The Kier molecular flexibility index (Phi) is 8.17. The number of hydrogen-bond donors (Lipinski definition) is 0. The van der Waals surface area contributed by atoms with Crippen LogP contribution in [0.4, 0.5) is 0 Å². The monoisotopic (exact) mass is 302 g/mol. The van der Waals surface area contributed by atoms with Gasteiger partial charge in [-0.05, 0) is 30.6 Å². The van der Waals surface area contributed by atoms with Crippen LogP contribution in [0.2, 0.25) is 0 Å². The van der Waals surface area contributed by atoms with Crippen molar-refractivity contribution in [2.75, 3.05) is 13.2 Å². The van der Waals surface area contributed by atoms with Gasteiger partial charge in [-0.3, -0.25) is 0 Å². The molecule has 1 fully saturated rings. The van der Waals surface area contributed by atoms with Gasteiger partial charge >= 0.3 is 0 Å². The van der Waals surface area contributed by atoms with Gasteiger partial charge in [0.1, 0.15) is 0 Å². The maximum absolute atomic E-state index is 5.71. The van der Waals surface area contributed by atoms with Gasteiger partial charge in [0.15, 0.2) is 0 Å². The fraction of sp³-hybridized carbons (Fsp3) is 1.00. The van der Waals surface area contributed by atoms with E-state index < -0.39 is 5.79 Å². The molecule has 1 saturated carbocycles. The first-order valence-electron chi connectivity index (χ1n) is 8.54. The Morgan fingerprint density at radius 3 is 1.86 bits per heavy atom. The first kappa shape index (κ1) is 18.9. The van der Waals surface area contributed by atoms with Gasteiger partial charge in [-0.2, -0.15) is 9.78 Å². The van der Waals surface area contributed by atoms with Crippen LogP contribution in [0.1, 0.15) is 79.6 Å². The Labute approximate surface area is 130 Å². The second-order valence-electron chi connectivity index (χ2n) is 7.28. The van der Waals surface area contributed by atoms with Crippen LogP contribution in [-0.4, -0.2) is 19.0 Å². The van der Waals surface area contributed by atoms with Gasteiger partial charge in [0.2, 0.25) is 5.79 Å². The topological polar surface area (TPSA) is 36.9 Å². The summed E-state index contributed by atoms with van der Waals surface area (Å²) in [6, 6.07) is 0. The fourth-order valence-electron chi connectivity index (χ4n) is 3.27. The van der Waals surface area contributed by atoms with Crippen LogP contribution in [-0.2, 0) is 19.6 Å². The van der Waals surface area contributed by atoms with E-state index in [0.29, 0.717) is 19.1 Å². The van der Waals surface area contributed by atoms with E-state index in [4.69, 9.17) is 19.6 Å². The summed E-state index contributed by atoms with van der Waals surface area (Å²) in [6.07, 6.45) is 6.94. The lowest BCUT2D eigenvalue weighted by atomic mass is 9.70. The summed E-state index contributed by atoms with van der Waals surface area (Å²) in [4.78, 5) is 22.2. The van der Waals surface area contributed by atoms with Gasteiger partial charge < -0.3 is 0 Å². The average molecular weight is 302 g/mol. The third-order valence-electron chi connectivity index (χ3n) is 3.89. The van der Waals surface area contributed by atoms with Gasteiger partial charge in [-0.25, -0.2) is 9.78 Å². The second-order valence-corrected chi connectivity index (χ2v) is 7.28. The normalized spacial score (nSPS) is 24.1. The summed E-state index contributed by atoms with van der Waals surface area (Å²) < 4.78 is 0. The fourth-order valence-corrected chi connectivity index (χ4v) is 3.27. The molecule has 0 saturated heterocycles. The molecule has 4 heteroatoms. The Morgan fingerprint density at radius 2 is 1.43 bits per heavy atom. The van der Waals surface area contributed by atoms with Crippen LogP contribution in [0.15, 0.2) is 0 Å². The Hall–Kier alpha value is -0.160. The molecule has 0 radical (unpaired) electrons. The van der Waals surface area contributed by atoms with Crippen LogP contribution in [0, 0.1) is 11.3 Å². The molecule has 0 heterocycles. The Morgan fingerprint density at radius 1 is 0.905 bits per heavy atom. The first-order chi connectivity index (χ1) is 9.93. The molecule has 0 amide bonds. The molecule has 126 valence electrons. The van der Waals surface area contributed by atoms with E-state index in [1.165, 1.54) is 6.42 Å². The molecule has 0 aromatic heterocycles. The molecule has 0 aliphatic heterocycles. The lowest BCUT2D eigenvalue weighted by Crippen LogP contribution is -2.46. The predicted octanol–water partition coefficient (Wildman–Crippen LogP) is 5.03. The lowest BCUT2D eigenvalue weighted by Gasteiger charge is -2.44. The lowest BCUT2D eigenvalue weighted by molar-refractivity contribution is -0.523. The maximum Gasteiger partial charge on any atom is 0.234 e. The van der Waals surface area contributed by atoms with Crippen LogP contribution in [0.5, 0.6) is 0 Å². The maximum atomic E-state index is 5.71. The second kappa shape index (κ2) is 9.09. The van der Waals surface area contributed by atoms with Gasteiger partial charge in [-0.15, -0.1) is 0 Å². The zero-order valence-electron chi connectivity index (χ0n) is 14.6. The predicted molar refractivity (Wildman–Crippen MR) is 83.4 cm³/mol. The molecule has 21 heavy (non-hydrogen) atoms. The van der Waals surface area contributed by atoms with Crippen LogP contribution < -0.4 is 0 Å². The minimum absolute atomic E-state index is 0.167. The van der Waals surface area contributed by atoms with Crippen molar-refractivity contribution in [3.63, 3.8) is 0 Å². The molecule has 4 nitrogen and oxygen atoms in total. The van der Waals surface area contributed by atoms with Gasteiger partial charge in [-0.1, -0.05) is 47.5 Å². The van der Waals surface area contributed by atoms with E-state index in [1.807, 2.05) is 0 Å². The van der Waals surface area contributed by atoms with Crippen LogP contribution >= 0.6 is 0 Å². The standard InChI is InChI=1S/C17H34O4/c1-6-8-10-18-20-17(21-19-11-9-7-2)13-15(3)12-16(4,5)14-17/h15H,6-14H2,1-5H3/t15-/m0/s1. The Balaban J connectivity index is 2.59. The van der Waals surface area contributed by atoms with Crippen LogP contribution in [0.25, 0.3) is 0 Å². The highest BCUT2D eigenvalue weighted by Crippen LogP contribution is 2.46. The molecular weight excluding hydrogens is 268 g/mol. The zero-order valence-corrected chi connectivity index (χ0v) is 14.6. The summed E-state index contributed by atoms with van der Waals surface area (Å²) in [5, 5.41) is 0. The van der Waals surface area contributed by atoms with E-state index >= 15 is 0 Å². The van der Waals surface area contributed by atoms with Crippen molar-refractivity contribution in [3.8, 4) is 0 Å². The summed E-state index contributed by atoms with van der Waals surface area (Å²) in [6.45, 7) is 12.2. The van der Waals surface area contributed by atoms with Crippen LogP contribution in [0.3, 0.4) is 0 Å². The quantitative estimate of drug-likeness (QED) is 0.245. The highest BCUT2D eigenvalue weighted by molar-refractivity contribution is 4.88. The highest BCUT2D eigenvalue weighted by Gasteiger charge is 2.47. The van der Waals surface area contributed by atoms with Gasteiger partial charge in [0.05, 0.1) is 13.2 Å². The van der Waals surface area contributed by atoms with E-state index in [2.05, 4.69) is 34.6 Å². The number of unbranched alkanes of at least 4 members (excludes halogenated alkanes) is 2. The number of rotatable bonds is 10. The molecular formula is C17H34O4. The zero-order chi connectivity index (χ0) is 15.8. The minimum Gasteiger partial charge on any atom is -0.234 e. The third kappa shape index (κ3) is 7.09. The highest BCUT2D eigenvalue weighted by atomic mass is 17.3.